The van der Waals surface area contributed by atoms with Crippen molar-refractivity contribution in [1.29, 1.82) is 0 Å². The molecule has 0 saturated heterocycles. The van der Waals surface area contributed by atoms with Gasteiger partial charge in [0.05, 0.1) is 0 Å². The number of benzene rings is 5. The molecule has 0 aromatic heterocycles. The summed E-state index contributed by atoms with van der Waals surface area (Å²) in [6.07, 6.45) is 9.08. The van der Waals surface area contributed by atoms with Gasteiger partial charge in [-0.2, -0.15) is 0 Å². The molecule has 38 heavy (non-hydrogen) atoms. The molecular formula is C37H31N. The standard InChI is InChI=1S/C37H31N/c1-28-10-8-13-33(26-28)31-18-20-32(21-19-31)34-14-9-17-37(27-34)38(35-15-6-3-7-16-35)36-24-22-30(23-25-36)29-11-4-2-5-12-29/h3-4,6-27H,2,5H2,1H3. The van der Waals surface area contributed by atoms with E-state index in [0.717, 1.165) is 29.9 Å². The van der Waals surface area contributed by atoms with E-state index in [0.29, 0.717) is 0 Å². The molecule has 1 heteroatoms. The molecule has 0 spiro atoms. The van der Waals surface area contributed by atoms with Crippen molar-refractivity contribution in [3.05, 3.63) is 157 Å². The van der Waals surface area contributed by atoms with Crippen LogP contribution in [0, 0.1) is 6.92 Å². The molecule has 5 aromatic carbocycles. The van der Waals surface area contributed by atoms with Crippen molar-refractivity contribution in [1.82, 2.24) is 0 Å². The number of hydrogen-bond acceptors (Lipinski definition) is 1. The fourth-order valence-electron chi connectivity index (χ4n) is 5.16. The Hall–Kier alpha value is -4.62. The molecule has 0 unspecified atom stereocenters. The normalized spacial score (nSPS) is 12.7. The Morgan fingerprint density at radius 3 is 1.74 bits per heavy atom. The first kappa shape index (κ1) is 23.8. The van der Waals surface area contributed by atoms with Crippen LogP contribution in [0.3, 0.4) is 0 Å². The average Bonchev–Trinajstić information content (AvgIpc) is 2.99. The highest BCUT2D eigenvalue weighted by molar-refractivity contribution is 5.82. The van der Waals surface area contributed by atoms with E-state index in [4.69, 9.17) is 0 Å². The van der Waals surface area contributed by atoms with Gasteiger partial charge in [0.2, 0.25) is 0 Å². The highest BCUT2D eigenvalue weighted by atomic mass is 15.1. The smallest absolute Gasteiger partial charge is 0.0467 e. The van der Waals surface area contributed by atoms with E-state index >= 15 is 0 Å². The number of para-hydroxylation sites is 1. The third kappa shape index (κ3) is 5.10. The summed E-state index contributed by atoms with van der Waals surface area (Å²) in [5.41, 5.74) is 12.2. The lowest BCUT2D eigenvalue weighted by molar-refractivity contribution is 1.04. The second-order valence-electron chi connectivity index (χ2n) is 9.85. The van der Waals surface area contributed by atoms with Gasteiger partial charge in [0.25, 0.3) is 0 Å². The summed E-state index contributed by atoms with van der Waals surface area (Å²) in [4.78, 5) is 2.33. The van der Waals surface area contributed by atoms with Crippen LogP contribution >= 0.6 is 0 Å². The highest BCUT2D eigenvalue weighted by Crippen LogP contribution is 2.37. The maximum atomic E-state index is 2.33. The Balaban J connectivity index is 1.35. The van der Waals surface area contributed by atoms with E-state index in [-0.39, 0.29) is 0 Å². The lowest BCUT2D eigenvalue weighted by atomic mass is 9.98. The molecule has 1 aliphatic rings. The van der Waals surface area contributed by atoms with E-state index in [1.807, 2.05) is 0 Å². The van der Waals surface area contributed by atoms with Gasteiger partial charge >= 0.3 is 0 Å². The zero-order chi connectivity index (χ0) is 25.7. The minimum Gasteiger partial charge on any atom is -0.310 e. The predicted molar refractivity (Wildman–Crippen MR) is 163 cm³/mol. The maximum absolute atomic E-state index is 2.33. The molecule has 5 aromatic rings. The van der Waals surface area contributed by atoms with E-state index in [2.05, 4.69) is 157 Å². The van der Waals surface area contributed by atoms with Crippen molar-refractivity contribution in [2.24, 2.45) is 0 Å². The third-order valence-corrected chi connectivity index (χ3v) is 7.14. The molecule has 0 atom stereocenters. The molecule has 184 valence electrons. The lowest BCUT2D eigenvalue weighted by Gasteiger charge is -2.26. The Kier molecular flexibility index (Phi) is 6.74. The van der Waals surface area contributed by atoms with Gasteiger partial charge in [0.15, 0.2) is 0 Å². The predicted octanol–water partition coefficient (Wildman–Crippen LogP) is 10.5. The molecule has 6 rings (SSSR count). The molecule has 1 aliphatic carbocycles. The second-order valence-corrected chi connectivity index (χ2v) is 9.85. The van der Waals surface area contributed by atoms with Gasteiger partial charge in [-0.25, -0.2) is 0 Å². The second kappa shape index (κ2) is 10.8. The van der Waals surface area contributed by atoms with Gasteiger partial charge < -0.3 is 4.90 Å². The van der Waals surface area contributed by atoms with Gasteiger partial charge in [-0.15, -0.1) is 0 Å². The van der Waals surface area contributed by atoms with Crippen LogP contribution in [-0.4, -0.2) is 0 Å². The number of nitrogens with zero attached hydrogens (tertiary/aromatic N) is 1. The summed E-state index contributed by atoms with van der Waals surface area (Å²) in [6.45, 7) is 2.14. The van der Waals surface area contributed by atoms with Crippen molar-refractivity contribution in [3.8, 4) is 22.3 Å². The number of hydrogen-bond donors (Lipinski definition) is 0. The van der Waals surface area contributed by atoms with Gasteiger partial charge in [-0.3, -0.25) is 0 Å². The van der Waals surface area contributed by atoms with Crippen LogP contribution < -0.4 is 4.90 Å². The molecule has 0 N–H and O–H groups in total. The fourth-order valence-corrected chi connectivity index (χ4v) is 5.16. The fraction of sp³-hybridized carbons (Fsp3) is 0.0811. The molecule has 0 amide bonds. The Morgan fingerprint density at radius 2 is 1.08 bits per heavy atom. The van der Waals surface area contributed by atoms with Gasteiger partial charge in [-0.05, 0) is 89.6 Å². The van der Waals surface area contributed by atoms with Crippen molar-refractivity contribution in [2.75, 3.05) is 4.90 Å². The van der Waals surface area contributed by atoms with Gasteiger partial charge in [0.1, 0.15) is 0 Å². The summed E-state index contributed by atoms with van der Waals surface area (Å²) in [7, 11) is 0. The molecule has 0 heterocycles. The number of rotatable bonds is 6. The van der Waals surface area contributed by atoms with Crippen LogP contribution in [0.2, 0.25) is 0 Å². The average molecular weight is 490 g/mol. The minimum atomic E-state index is 1.11. The van der Waals surface area contributed by atoms with Crippen LogP contribution in [0.4, 0.5) is 17.1 Å². The molecule has 0 aliphatic heterocycles. The molecule has 0 bridgehead atoms. The number of anilines is 3. The summed E-state index contributed by atoms with van der Waals surface area (Å²) >= 11 is 0. The lowest BCUT2D eigenvalue weighted by Crippen LogP contribution is -2.10. The molecular weight excluding hydrogens is 458 g/mol. The molecule has 0 fully saturated rings. The SMILES string of the molecule is Cc1cccc(-c2ccc(-c3cccc(N(c4ccccc4)c4ccc(C5=CCCC=C5)cc4)c3)cc2)c1. The minimum absolute atomic E-state index is 1.11. The number of aryl methyl sites for hydroxylation is 1. The molecule has 1 nitrogen and oxygen atoms in total. The summed E-state index contributed by atoms with van der Waals surface area (Å²) < 4.78 is 0. The Morgan fingerprint density at radius 1 is 0.474 bits per heavy atom. The van der Waals surface area contributed by atoms with Crippen LogP contribution in [0.15, 0.2) is 146 Å². The monoisotopic (exact) mass is 489 g/mol. The molecule has 0 radical (unpaired) electrons. The Bertz CT molecular complexity index is 1590. The zero-order valence-electron chi connectivity index (χ0n) is 21.7. The van der Waals surface area contributed by atoms with Crippen LogP contribution in [-0.2, 0) is 0 Å². The summed E-state index contributed by atoms with van der Waals surface area (Å²) in [5, 5.41) is 0. The Labute approximate surface area is 226 Å². The van der Waals surface area contributed by atoms with Crippen molar-refractivity contribution < 1.29 is 0 Å². The first-order valence-electron chi connectivity index (χ1n) is 13.3. The quantitative estimate of drug-likeness (QED) is 0.229. The first-order chi connectivity index (χ1) is 18.7. The van der Waals surface area contributed by atoms with Crippen molar-refractivity contribution in [2.45, 2.75) is 19.8 Å². The third-order valence-electron chi connectivity index (χ3n) is 7.14. The van der Waals surface area contributed by atoms with E-state index < -0.39 is 0 Å². The van der Waals surface area contributed by atoms with Crippen LogP contribution in [0.1, 0.15) is 24.0 Å². The summed E-state index contributed by atoms with van der Waals surface area (Å²) in [6, 6.07) is 45.9. The maximum Gasteiger partial charge on any atom is 0.0467 e. The number of allylic oxidation sites excluding steroid dienone is 4. The topological polar surface area (TPSA) is 3.24 Å². The zero-order valence-corrected chi connectivity index (χ0v) is 21.7. The van der Waals surface area contributed by atoms with Gasteiger partial charge in [0, 0.05) is 17.1 Å². The van der Waals surface area contributed by atoms with Crippen molar-refractivity contribution in [3.63, 3.8) is 0 Å². The summed E-state index contributed by atoms with van der Waals surface area (Å²) in [5.74, 6) is 0. The largest absolute Gasteiger partial charge is 0.310 e. The first-order valence-corrected chi connectivity index (χ1v) is 13.3. The molecule has 0 saturated carbocycles. The van der Waals surface area contributed by atoms with E-state index in [1.54, 1.807) is 0 Å². The van der Waals surface area contributed by atoms with Crippen LogP contribution in [0.5, 0.6) is 0 Å². The van der Waals surface area contributed by atoms with E-state index in [1.165, 1.54) is 39.0 Å². The van der Waals surface area contributed by atoms with Gasteiger partial charge in [-0.1, -0.05) is 115 Å². The highest BCUT2D eigenvalue weighted by Gasteiger charge is 2.14. The van der Waals surface area contributed by atoms with E-state index in [9.17, 15) is 0 Å². The van der Waals surface area contributed by atoms with Crippen LogP contribution in [0.25, 0.3) is 27.8 Å². The van der Waals surface area contributed by atoms with Crippen molar-refractivity contribution >= 4 is 22.6 Å².